The van der Waals surface area contributed by atoms with Crippen LogP contribution < -0.4 is 5.43 Å². The predicted octanol–water partition coefficient (Wildman–Crippen LogP) is 3.43. The molecule has 0 aliphatic carbocycles. The molecule has 0 spiro atoms. The number of hydrogen-bond acceptors (Lipinski definition) is 6. The van der Waals surface area contributed by atoms with Gasteiger partial charge >= 0.3 is 0 Å². The highest BCUT2D eigenvalue weighted by Gasteiger charge is 2.12. The van der Waals surface area contributed by atoms with Crippen LogP contribution in [0.4, 0.5) is 5.95 Å². The molecule has 2 aromatic heterocycles. The molecular formula is C17H13BrN6O. The van der Waals surface area contributed by atoms with Gasteiger partial charge in [0.15, 0.2) is 5.65 Å². The van der Waals surface area contributed by atoms with E-state index in [1.165, 1.54) is 6.21 Å². The molecule has 0 aliphatic heterocycles. The molecule has 4 rings (SSSR count). The summed E-state index contributed by atoms with van der Waals surface area (Å²) in [6.07, 6.45) is 1.50. The maximum Gasteiger partial charge on any atom is 0.265 e. The van der Waals surface area contributed by atoms with Gasteiger partial charge < -0.3 is 9.67 Å². The standard InChI is InChI=1S/C17H13BrN6O/c1-24-13-7-6-11(18)8-12(13)15-16(24)20-17(23-21-15)22-19-9-10-4-2-3-5-14(10)25/h2-9,25H,1H3,(H,20,22,23). The number of aromatic nitrogens is 4. The number of benzene rings is 2. The second-order valence-corrected chi connectivity index (χ2v) is 6.37. The lowest BCUT2D eigenvalue weighted by Crippen LogP contribution is -2.00. The van der Waals surface area contributed by atoms with Crippen LogP contribution in [0.25, 0.3) is 22.1 Å². The SMILES string of the molecule is Cn1c2ccc(Br)cc2c2nnc(NN=Cc3ccccc3O)nc21. The highest BCUT2D eigenvalue weighted by atomic mass is 79.9. The van der Waals surface area contributed by atoms with Crippen LogP contribution in [0.2, 0.25) is 0 Å². The minimum absolute atomic E-state index is 0.154. The molecule has 2 N–H and O–H groups in total. The third-order valence-corrected chi connectivity index (χ3v) is 4.36. The lowest BCUT2D eigenvalue weighted by Gasteiger charge is -2.00. The van der Waals surface area contributed by atoms with Gasteiger partial charge in [-0.05, 0) is 30.3 Å². The summed E-state index contributed by atoms with van der Waals surface area (Å²) in [5.41, 5.74) is 5.81. The molecule has 0 unspecified atom stereocenters. The van der Waals surface area contributed by atoms with Crippen molar-refractivity contribution in [2.45, 2.75) is 0 Å². The molecule has 2 aromatic carbocycles. The van der Waals surface area contributed by atoms with Crippen molar-refractivity contribution in [2.75, 3.05) is 5.43 Å². The van der Waals surface area contributed by atoms with Crippen LogP contribution in [0.3, 0.4) is 0 Å². The van der Waals surface area contributed by atoms with Crippen LogP contribution >= 0.6 is 15.9 Å². The van der Waals surface area contributed by atoms with Crippen LogP contribution in [0.1, 0.15) is 5.56 Å². The van der Waals surface area contributed by atoms with Crippen molar-refractivity contribution < 1.29 is 5.11 Å². The van der Waals surface area contributed by atoms with E-state index in [0.717, 1.165) is 20.9 Å². The van der Waals surface area contributed by atoms with E-state index in [2.05, 4.69) is 41.6 Å². The summed E-state index contributed by atoms with van der Waals surface area (Å²) in [5.74, 6) is 0.436. The van der Waals surface area contributed by atoms with Crippen LogP contribution in [0.15, 0.2) is 52.0 Å². The average molecular weight is 397 g/mol. The molecular weight excluding hydrogens is 384 g/mol. The first-order valence-corrected chi connectivity index (χ1v) is 8.28. The minimum Gasteiger partial charge on any atom is -0.507 e. The van der Waals surface area contributed by atoms with Gasteiger partial charge in [-0.2, -0.15) is 10.1 Å². The number of anilines is 1. The molecule has 0 saturated heterocycles. The van der Waals surface area contributed by atoms with E-state index in [1.54, 1.807) is 18.2 Å². The lowest BCUT2D eigenvalue weighted by atomic mass is 10.2. The molecule has 4 aromatic rings. The fourth-order valence-corrected chi connectivity index (χ4v) is 3.00. The Hall–Kier alpha value is -3.00. The van der Waals surface area contributed by atoms with Gasteiger partial charge in [-0.25, -0.2) is 5.43 Å². The van der Waals surface area contributed by atoms with Crippen molar-refractivity contribution >= 4 is 50.2 Å². The molecule has 0 aliphatic rings. The van der Waals surface area contributed by atoms with E-state index in [9.17, 15) is 5.11 Å². The zero-order valence-electron chi connectivity index (χ0n) is 13.2. The smallest absolute Gasteiger partial charge is 0.265 e. The number of phenols is 1. The van der Waals surface area contributed by atoms with Gasteiger partial charge in [-0.3, -0.25) is 0 Å². The van der Waals surface area contributed by atoms with E-state index in [-0.39, 0.29) is 11.7 Å². The number of rotatable bonds is 3. The van der Waals surface area contributed by atoms with Crippen LogP contribution in [-0.4, -0.2) is 31.1 Å². The highest BCUT2D eigenvalue weighted by molar-refractivity contribution is 9.10. The van der Waals surface area contributed by atoms with Crippen LogP contribution in [0.5, 0.6) is 5.75 Å². The maximum atomic E-state index is 9.72. The van der Waals surface area contributed by atoms with Gasteiger partial charge in [0.1, 0.15) is 11.3 Å². The Morgan fingerprint density at radius 1 is 1.20 bits per heavy atom. The van der Waals surface area contributed by atoms with E-state index < -0.39 is 0 Å². The lowest BCUT2D eigenvalue weighted by molar-refractivity contribution is 0.474. The van der Waals surface area contributed by atoms with E-state index >= 15 is 0 Å². The summed E-state index contributed by atoms with van der Waals surface area (Å²) in [6.45, 7) is 0. The average Bonchev–Trinajstić information content (AvgIpc) is 2.88. The number of halogens is 1. The number of aromatic hydroxyl groups is 1. The monoisotopic (exact) mass is 396 g/mol. The quantitative estimate of drug-likeness (QED) is 0.409. The number of nitrogens with zero attached hydrogens (tertiary/aromatic N) is 5. The molecule has 7 nitrogen and oxygen atoms in total. The second kappa shape index (κ2) is 6.14. The fraction of sp³-hybridized carbons (Fsp3) is 0.0588. The number of phenolic OH excluding ortho intramolecular Hbond substituents is 1. The van der Waals surface area contributed by atoms with Gasteiger partial charge in [0, 0.05) is 22.5 Å². The summed E-state index contributed by atoms with van der Waals surface area (Å²) < 4.78 is 2.94. The Bertz CT molecular complexity index is 1120. The zero-order valence-corrected chi connectivity index (χ0v) is 14.8. The molecule has 0 bridgehead atoms. The van der Waals surface area contributed by atoms with E-state index in [1.807, 2.05) is 35.9 Å². The Balaban J connectivity index is 1.69. The summed E-state index contributed by atoms with van der Waals surface area (Å²) in [5, 5.41) is 23.1. The maximum absolute atomic E-state index is 9.72. The molecule has 25 heavy (non-hydrogen) atoms. The van der Waals surface area contributed by atoms with Crippen molar-refractivity contribution in [3.8, 4) is 5.75 Å². The van der Waals surface area contributed by atoms with E-state index in [0.29, 0.717) is 11.2 Å². The number of fused-ring (bicyclic) bond motifs is 3. The third-order valence-electron chi connectivity index (χ3n) is 3.87. The van der Waals surface area contributed by atoms with Crippen LogP contribution in [0, 0.1) is 0 Å². The number of hydrogen-bond donors (Lipinski definition) is 2. The molecule has 0 atom stereocenters. The Kier molecular flexibility index (Phi) is 3.81. The normalized spacial score (nSPS) is 11.6. The van der Waals surface area contributed by atoms with Gasteiger partial charge in [0.05, 0.1) is 11.7 Å². The Labute approximate surface area is 151 Å². The fourth-order valence-electron chi connectivity index (χ4n) is 2.63. The molecule has 0 radical (unpaired) electrons. The van der Waals surface area contributed by atoms with Gasteiger partial charge in [-0.1, -0.05) is 28.1 Å². The topological polar surface area (TPSA) is 88.2 Å². The first-order valence-electron chi connectivity index (χ1n) is 7.49. The summed E-state index contributed by atoms with van der Waals surface area (Å²) in [4.78, 5) is 4.48. The molecule has 8 heteroatoms. The summed E-state index contributed by atoms with van der Waals surface area (Å²) >= 11 is 3.47. The molecule has 124 valence electrons. The Morgan fingerprint density at radius 2 is 2.04 bits per heavy atom. The van der Waals surface area contributed by atoms with Crippen molar-refractivity contribution in [1.82, 2.24) is 19.7 Å². The highest BCUT2D eigenvalue weighted by Crippen LogP contribution is 2.28. The first kappa shape index (κ1) is 15.5. The predicted molar refractivity (Wildman–Crippen MR) is 101 cm³/mol. The largest absolute Gasteiger partial charge is 0.507 e. The molecule has 0 amide bonds. The molecule has 2 heterocycles. The van der Waals surface area contributed by atoms with Crippen LogP contribution in [-0.2, 0) is 7.05 Å². The van der Waals surface area contributed by atoms with Gasteiger partial charge in [0.25, 0.3) is 5.95 Å². The summed E-state index contributed by atoms with van der Waals surface area (Å²) in [6, 6.07) is 12.9. The zero-order chi connectivity index (χ0) is 17.4. The van der Waals surface area contributed by atoms with E-state index in [4.69, 9.17) is 0 Å². The van der Waals surface area contributed by atoms with Crippen molar-refractivity contribution in [2.24, 2.45) is 12.1 Å². The van der Waals surface area contributed by atoms with Gasteiger partial charge in [0.2, 0.25) is 0 Å². The number of hydrazone groups is 1. The Morgan fingerprint density at radius 3 is 2.88 bits per heavy atom. The number of nitrogens with one attached hydrogen (secondary N) is 1. The summed E-state index contributed by atoms with van der Waals surface area (Å²) in [7, 11) is 1.93. The van der Waals surface area contributed by atoms with Gasteiger partial charge in [-0.15, -0.1) is 10.2 Å². The van der Waals surface area contributed by atoms with Crippen molar-refractivity contribution in [3.63, 3.8) is 0 Å². The van der Waals surface area contributed by atoms with Crippen molar-refractivity contribution in [3.05, 3.63) is 52.5 Å². The number of aryl methyl sites for hydroxylation is 1. The molecule has 0 fully saturated rings. The third kappa shape index (κ3) is 2.80. The minimum atomic E-state index is 0.154. The number of para-hydroxylation sites is 1. The first-order chi connectivity index (χ1) is 12.1. The second-order valence-electron chi connectivity index (χ2n) is 5.46. The molecule has 0 saturated carbocycles. The van der Waals surface area contributed by atoms with Crippen molar-refractivity contribution in [1.29, 1.82) is 0 Å².